The molecule has 0 aliphatic carbocycles. The van der Waals surface area contributed by atoms with Crippen molar-refractivity contribution < 1.29 is 19.8 Å². The molecule has 0 heterocycles. The third-order valence-electron chi connectivity index (χ3n) is 3.35. The molecule has 0 aliphatic rings. The standard InChI is InChI=1S/2C6H15N.C5H6O4/c2*1-4-7(5-2)6-3;1-3(5(8)9)2-4(6)7/h2*4-6H2,1-3H3;1-2H2,(H,6,7)(H,8,9). The Kier molecular flexibility index (Phi) is 21.5. The number of nitrogens with zero attached hydrogens (tertiary/aromatic N) is 2. The molecule has 0 rings (SSSR count). The first kappa shape index (κ1) is 26.5. The molecule has 0 aromatic heterocycles. The van der Waals surface area contributed by atoms with E-state index in [1.165, 1.54) is 39.3 Å². The lowest BCUT2D eigenvalue weighted by atomic mass is 10.2. The number of hydrogen-bond donors (Lipinski definition) is 2. The van der Waals surface area contributed by atoms with E-state index < -0.39 is 18.4 Å². The number of carboxylic acid groups (broad SMARTS) is 2. The average Bonchev–Trinajstić information content (AvgIpc) is 2.51. The molecule has 6 heteroatoms. The van der Waals surface area contributed by atoms with Gasteiger partial charge in [0, 0.05) is 5.57 Å². The number of rotatable bonds is 9. The molecule has 0 aromatic carbocycles. The molecule has 0 amide bonds. The first-order chi connectivity index (χ1) is 10.7. The minimum Gasteiger partial charge on any atom is -0.481 e. The maximum Gasteiger partial charge on any atom is 0.331 e. The summed E-state index contributed by atoms with van der Waals surface area (Å²) in [4.78, 5) is 24.4. The van der Waals surface area contributed by atoms with Crippen molar-refractivity contribution in [2.45, 2.75) is 48.0 Å². The second-order valence-corrected chi connectivity index (χ2v) is 4.72. The van der Waals surface area contributed by atoms with E-state index in [0.717, 1.165) is 0 Å². The summed E-state index contributed by atoms with van der Waals surface area (Å²) >= 11 is 0. The first-order valence-electron chi connectivity index (χ1n) is 8.31. The Bertz CT molecular complexity index is 289. The highest BCUT2D eigenvalue weighted by Crippen LogP contribution is 1.95. The smallest absolute Gasteiger partial charge is 0.331 e. The molecular weight excluding hydrogens is 296 g/mol. The van der Waals surface area contributed by atoms with E-state index >= 15 is 0 Å². The SMILES string of the molecule is C=C(CC(=O)O)C(=O)O.CCN(CC)CC.CCN(CC)CC. The second kappa shape index (κ2) is 18.6. The van der Waals surface area contributed by atoms with Crippen LogP contribution in [0.3, 0.4) is 0 Å². The molecule has 2 N–H and O–H groups in total. The quantitative estimate of drug-likeness (QED) is 0.632. The van der Waals surface area contributed by atoms with Gasteiger partial charge in [0.05, 0.1) is 6.42 Å². The van der Waals surface area contributed by atoms with Crippen LogP contribution >= 0.6 is 0 Å². The van der Waals surface area contributed by atoms with E-state index in [2.05, 4.69) is 57.9 Å². The van der Waals surface area contributed by atoms with Crippen LogP contribution in [0.4, 0.5) is 0 Å². The van der Waals surface area contributed by atoms with Gasteiger partial charge in [0.2, 0.25) is 0 Å². The number of carboxylic acids is 2. The maximum atomic E-state index is 9.87. The van der Waals surface area contributed by atoms with Crippen LogP contribution in [0.15, 0.2) is 12.2 Å². The molecule has 0 unspecified atom stereocenters. The van der Waals surface area contributed by atoms with Crippen molar-refractivity contribution in [2.24, 2.45) is 0 Å². The van der Waals surface area contributed by atoms with Gasteiger partial charge in [-0.3, -0.25) is 4.79 Å². The minimum absolute atomic E-state index is 0.303. The topological polar surface area (TPSA) is 81.1 Å². The summed E-state index contributed by atoms with van der Waals surface area (Å²) in [6, 6.07) is 0. The summed E-state index contributed by atoms with van der Waals surface area (Å²) in [6.07, 6.45) is -0.505. The minimum atomic E-state index is -1.27. The van der Waals surface area contributed by atoms with Crippen molar-refractivity contribution in [1.82, 2.24) is 9.80 Å². The zero-order chi connectivity index (χ0) is 18.8. The molecule has 0 aliphatic heterocycles. The maximum absolute atomic E-state index is 9.87. The molecule has 138 valence electrons. The lowest BCUT2D eigenvalue weighted by Gasteiger charge is -2.13. The Morgan fingerprint density at radius 3 is 1.04 bits per heavy atom. The zero-order valence-electron chi connectivity index (χ0n) is 15.8. The van der Waals surface area contributed by atoms with Crippen LogP contribution in [0.1, 0.15) is 48.0 Å². The van der Waals surface area contributed by atoms with E-state index in [1.54, 1.807) is 0 Å². The Morgan fingerprint density at radius 1 is 0.739 bits per heavy atom. The predicted molar refractivity (Wildman–Crippen MR) is 96.0 cm³/mol. The van der Waals surface area contributed by atoms with Gasteiger partial charge in [-0.25, -0.2) is 4.79 Å². The van der Waals surface area contributed by atoms with Gasteiger partial charge in [0.15, 0.2) is 0 Å². The van der Waals surface area contributed by atoms with Crippen molar-refractivity contribution >= 4 is 11.9 Å². The van der Waals surface area contributed by atoms with Gasteiger partial charge < -0.3 is 20.0 Å². The highest BCUT2D eigenvalue weighted by Gasteiger charge is 2.07. The molecular formula is C17H36N2O4. The molecule has 0 saturated heterocycles. The summed E-state index contributed by atoms with van der Waals surface area (Å²) in [5, 5.41) is 16.1. The van der Waals surface area contributed by atoms with Crippen LogP contribution in [-0.4, -0.2) is 71.2 Å². The third kappa shape index (κ3) is 20.6. The van der Waals surface area contributed by atoms with Crippen LogP contribution in [0.25, 0.3) is 0 Å². The number of hydrogen-bond acceptors (Lipinski definition) is 4. The third-order valence-corrected chi connectivity index (χ3v) is 3.35. The van der Waals surface area contributed by atoms with Crippen LogP contribution < -0.4 is 0 Å². The van der Waals surface area contributed by atoms with Gasteiger partial charge in [-0.1, -0.05) is 48.1 Å². The monoisotopic (exact) mass is 332 g/mol. The van der Waals surface area contributed by atoms with Gasteiger partial charge in [0.1, 0.15) is 0 Å². The van der Waals surface area contributed by atoms with Crippen LogP contribution in [-0.2, 0) is 9.59 Å². The van der Waals surface area contributed by atoms with Crippen molar-refractivity contribution in [2.75, 3.05) is 39.3 Å². The zero-order valence-corrected chi connectivity index (χ0v) is 15.8. The van der Waals surface area contributed by atoms with Gasteiger partial charge in [0.25, 0.3) is 0 Å². The fourth-order valence-electron chi connectivity index (χ4n) is 1.60. The van der Waals surface area contributed by atoms with Crippen LogP contribution in [0.2, 0.25) is 0 Å². The van der Waals surface area contributed by atoms with Crippen molar-refractivity contribution in [3.63, 3.8) is 0 Å². The number of aliphatic carboxylic acids is 2. The van der Waals surface area contributed by atoms with E-state index in [0.29, 0.717) is 0 Å². The molecule has 0 fully saturated rings. The Hall–Kier alpha value is -1.40. The molecule has 0 spiro atoms. The van der Waals surface area contributed by atoms with Gasteiger partial charge >= 0.3 is 11.9 Å². The second-order valence-electron chi connectivity index (χ2n) is 4.72. The lowest BCUT2D eigenvalue weighted by Crippen LogP contribution is -2.21. The highest BCUT2D eigenvalue weighted by atomic mass is 16.4. The molecule has 0 radical (unpaired) electrons. The molecule has 6 nitrogen and oxygen atoms in total. The largest absolute Gasteiger partial charge is 0.481 e. The van der Waals surface area contributed by atoms with Crippen molar-refractivity contribution in [3.05, 3.63) is 12.2 Å². The van der Waals surface area contributed by atoms with E-state index in [1.807, 2.05) is 0 Å². The van der Waals surface area contributed by atoms with Crippen LogP contribution in [0.5, 0.6) is 0 Å². The molecule has 23 heavy (non-hydrogen) atoms. The van der Waals surface area contributed by atoms with E-state index in [9.17, 15) is 9.59 Å². The molecule has 0 saturated carbocycles. The lowest BCUT2D eigenvalue weighted by molar-refractivity contribution is -0.139. The predicted octanol–water partition coefficient (Wildman–Crippen LogP) is 2.80. The Labute approximate surface area is 141 Å². The molecule has 0 bridgehead atoms. The van der Waals surface area contributed by atoms with Gasteiger partial charge in [-0.2, -0.15) is 0 Å². The first-order valence-corrected chi connectivity index (χ1v) is 8.31. The van der Waals surface area contributed by atoms with Crippen LogP contribution in [0, 0.1) is 0 Å². The summed E-state index contributed by atoms with van der Waals surface area (Å²) in [6.45, 7) is 23.3. The average molecular weight is 332 g/mol. The number of carbonyl (C=O) groups is 2. The van der Waals surface area contributed by atoms with E-state index in [4.69, 9.17) is 10.2 Å². The van der Waals surface area contributed by atoms with Crippen molar-refractivity contribution in [1.29, 1.82) is 0 Å². The molecule has 0 atom stereocenters. The Morgan fingerprint density at radius 2 is 1.00 bits per heavy atom. The van der Waals surface area contributed by atoms with Gasteiger partial charge in [-0.15, -0.1) is 0 Å². The summed E-state index contributed by atoms with van der Waals surface area (Å²) < 4.78 is 0. The fourth-order valence-corrected chi connectivity index (χ4v) is 1.60. The van der Waals surface area contributed by atoms with Gasteiger partial charge in [-0.05, 0) is 39.3 Å². The summed E-state index contributed by atoms with van der Waals surface area (Å²) in [5.74, 6) is -2.44. The molecule has 0 aromatic rings. The van der Waals surface area contributed by atoms with Crippen molar-refractivity contribution in [3.8, 4) is 0 Å². The van der Waals surface area contributed by atoms with E-state index in [-0.39, 0.29) is 5.57 Å². The normalized spacial score (nSPS) is 9.57. The summed E-state index contributed by atoms with van der Waals surface area (Å²) in [7, 11) is 0. The highest BCUT2D eigenvalue weighted by molar-refractivity contribution is 5.91. The Balaban J connectivity index is -0.000000264. The summed E-state index contributed by atoms with van der Waals surface area (Å²) in [5.41, 5.74) is -0.303. The fraction of sp³-hybridized carbons (Fsp3) is 0.765.